The predicted octanol–water partition coefficient (Wildman–Crippen LogP) is 3.47. The molecule has 152 valence electrons. The van der Waals surface area contributed by atoms with Gasteiger partial charge in [-0.2, -0.15) is 10.1 Å². The normalized spacial score (nSPS) is 15.2. The molecule has 1 aromatic heterocycles. The molecule has 0 spiro atoms. The molecule has 0 fully saturated rings. The number of carbonyl (C=O) groups is 2. The molecule has 3 N–H and O–H groups in total. The standard InChI is InChI=1S/C22H22N6O2/c1-13-6-4-5-7-18(13)27-21(30)19-14(2)25-22-23-12-24-28(22)20(19)16-8-10-17(11-9-16)26-15(3)29/h4-12,20H,1-3H3,(H,26,29)(H,27,30)(H,23,24,25). The second-order valence-electron chi connectivity index (χ2n) is 7.17. The van der Waals surface area contributed by atoms with Crippen LogP contribution in [0.15, 0.2) is 66.1 Å². The lowest BCUT2D eigenvalue weighted by Crippen LogP contribution is -2.31. The first-order valence-corrected chi connectivity index (χ1v) is 9.56. The molecule has 0 saturated heterocycles. The van der Waals surface area contributed by atoms with Gasteiger partial charge in [0, 0.05) is 24.0 Å². The number of anilines is 3. The van der Waals surface area contributed by atoms with Gasteiger partial charge in [0.25, 0.3) is 5.91 Å². The number of allylic oxidation sites excluding steroid dienone is 1. The molecule has 1 aliphatic heterocycles. The molecular formula is C22H22N6O2. The van der Waals surface area contributed by atoms with E-state index in [1.54, 1.807) is 4.68 Å². The summed E-state index contributed by atoms with van der Waals surface area (Å²) in [6.07, 6.45) is 1.45. The highest BCUT2D eigenvalue weighted by Crippen LogP contribution is 2.35. The van der Waals surface area contributed by atoms with E-state index in [0.717, 1.165) is 16.8 Å². The first kappa shape index (κ1) is 19.4. The number of nitrogens with one attached hydrogen (secondary N) is 3. The highest BCUT2D eigenvalue weighted by atomic mass is 16.2. The number of rotatable bonds is 4. The van der Waals surface area contributed by atoms with Crippen LogP contribution in [0.3, 0.4) is 0 Å². The van der Waals surface area contributed by atoms with Crippen molar-refractivity contribution in [1.82, 2.24) is 14.8 Å². The van der Waals surface area contributed by atoms with E-state index in [9.17, 15) is 9.59 Å². The van der Waals surface area contributed by atoms with E-state index >= 15 is 0 Å². The van der Waals surface area contributed by atoms with Crippen molar-refractivity contribution in [3.8, 4) is 0 Å². The largest absolute Gasteiger partial charge is 0.328 e. The van der Waals surface area contributed by atoms with Crippen molar-refractivity contribution in [2.24, 2.45) is 0 Å². The minimum absolute atomic E-state index is 0.141. The summed E-state index contributed by atoms with van der Waals surface area (Å²) in [5, 5.41) is 13.3. The second kappa shape index (κ2) is 7.82. The van der Waals surface area contributed by atoms with Gasteiger partial charge in [0.15, 0.2) is 0 Å². The smallest absolute Gasteiger partial charge is 0.255 e. The van der Waals surface area contributed by atoms with E-state index in [-0.39, 0.29) is 11.8 Å². The Bertz CT molecular complexity index is 1150. The fourth-order valence-electron chi connectivity index (χ4n) is 3.55. The van der Waals surface area contributed by atoms with Crippen molar-refractivity contribution < 1.29 is 9.59 Å². The predicted molar refractivity (Wildman–Crippen MR) is 115 cm³/mol. The van der Waals surface area contributed by atoms with Gasteiger partial charge in [-0.25, -0.2) is 4.68 Å². The van der Waals surface area contributed by atoms with Crippen LogP contribution in [0.5, 0.6) is 0 Å². The van der Waals surface area contributed by atoms with Crippen molar-refractivity contribution in [1.29, 1.82) is 0 Å². The molecule has 8 nitrogen and oxygen atoms in total. The zero-order valence-electron chi connectivity index (χ0n) is 16.9. The van der Waals surface area contributed by atoms with Crippen LogP contribution < -0.4 is 16.0 Å². The Morgan fingerprint density at radius 1 is 1.03 bits per heavy atom. The van der Waals surface area contributed by atoms with E-state index in [1.165, 1.54) is 13.3 Å². The zero-order chi connectivity index (χ0) is 21.3. The monoisotopic (exact) mass is 402 g/mol. The molecule has 0 aliphatic carbocycles. The van der Waals surface area contributed by atoms with Crippen LogP contribution in [-0.2, 0) is 9.59 Å². The molecule has 8 heteroatoms. The maximum atomic E-state index is 13.3. The molecule has 2 amide bonds. The molecule has 1 atom stereocenters. The molecule has 4 rings (SSSR count). The number of para-hydroxylation sites is 1. The molecule has 1 unspecified atom stereocenters. The number of hydrogen-bond donors (Lipinski definition) is 3. The molecule has 0 saturated carbocycles. The van der Waals surface area contributed by atoms with Crippen LogP contribution >= 0.6 is 0 Å². The van der Waals surface area contributed by atoms with E-state index in [1.807, 2.05) is 62.4 Å². The number of amides is 2. The van der Waals surface area contributed by atoms with Gasteiger partial charge in [-0.05, 0) is 43.2 Å². The number of aryl methyl sites for hydroxylation is 1. The van der Waals surface area contributed by atoms with Crippen LogP contribution in [0.1, 0.15) is 31.0 Å². The average Bonchev–Trinajstić information content (AvgIpc) is 3.17. The molecule has 0 bridgehead atoms. The fraction of sp³-hybridized carbons (Fsp3) is 0.182. The summed E-state index contributed by atoms with van der Waals surface area (Å²) in [4.78, 5) is 28.9. The number of nitrogens with zero attached hydrogens (tertiary/aromatic N) is 3. The SMILES string of the molecule is CC(=O)Nc1ccc(C2C(C(=O)Nc3ccccc3C)=C(C)Nc3ncnn32)cc1. The van der Waals surface area contributed by atoms with Gasteiger partial charge >= 0.3 is 0 Å². The summed E-state index contributed by atoms with van der Waals surface area (Å²) in [5.74, 6) is 0.208. The van der Waals surface area contributed by atoms with Gasteiger partial charge in [0.05, 0.1) is 5.57 Å². The van der Waals surface area contributed by atoms with Crippen molar-refractivity contribution in [2.45, 2.75) is 26.8 Å². The first-order valence-electron chi connectivity index (χ1n) is 9.56. The van der Waals surface area contributed by atoms with Gasteiger partial charge in [-0.1, -0.05) is 30.3 Å². The Hall–Kier alpha value is -3.94. The molecule has 2 heterocycles. The third-order valence-electron chi connectivity index (χ3n) is 4.98. The second-order valence-corrected chi connectivity index (χ2v) is 7.17. The average molecular weight is 402 g/mol. The quantitative estimate of drug-likeness (QED) is 0.620. The fourth-order valence-corrected chi connectivity index (χ4v) is 3.55. The molecule has 3 aromatic rings. The summed E-state index contributed by atoms with van der Waals surface area (Å²) in [5.41, 5.74) is 4.52. The lowest BCUT2D eigenvalue weighted by Gasteiger charge is -2.29. The Morgan fingerprint density at radius 2 is 1.77 bits per heavy atom. The Balaban J connectivity index is 1.73. The maximum Gasteiger partial charge on any atom is 0.255 e. The van der Waals surface area contributed by atoms with E-state index in [2.05, 4.69) is 26.0 Å². The van der Waals surface area contributed by atoms with Crippen molar-refractivity contribution in [3.05, 3.63) is 77.3 Å². The highest BCUT2D eigenvalue weighted by Gasteiger charge is 2.33. The Morgan fingerprint density at radius 3 is 2.47 bits per heavy atom. The molecular weight excluding hydrogens is 380 g/mol. The van der Waals surface area contributed by atoms with Gasteiger partial charge in [0.1, 0.15) is 12.4 Å². The van der Waals surface area contributed by atoms with Crippen LogP contribution in [0, 0.1) is 6.92 Å². The van der Waals surface area contributed by atoms with E-state index in [4.69, 9.17) is 0 Å². The maximum absolute atomic E-state index is 13.3. The van der Waals surface area contributed by atoms with E-state index < -0.39 is 6.04 Å². The number of hydrogen-bond acceptors (Lipinski definition) is 5. The summed E-state index contributed by atoms with van der Waals surface area (Å²) in [6.45, 7) is 5.26. The minimum atomic E-state index is -0.459. The number of carbonyl (C=O) groups excluding carboxylic acids is 2. The minimum Gasteiger partial charge on any atom is -0.328 e. The lowest BCUT2D eigenvalue weighted by atomic mass is 9.94. The van der Waals surface area contributed by atoms with Gasteiger partial charge < -0.3 is 16.0 Å². The van der Waals surface area contributed by atoms with Crippen LogP contribution in [0.4, 0.5) is 17.3 Å². The molecule has 30 heavy (non-hydrogen) atoms. The van der Waals surface area contributed by atoms with E-state index in [0.29, 0.717) is 22.9 Å². The summed E-state index contributed by atoms with van der Waals surface area (Å²) in [7, 11) is 0. The number of fused-ring (bicyclic) bond motifs is 1. The summed E-state index contributed by atoms with van der Waals surface area (Å²) in [6, 6.07) is 14.5. The van der Waals surface area contributed by atoms with Crippen LogP contribution in [-0.4, -0.2) is 26.6 Å². The Kier molecular flexibility index (Phi) is 5.05. The number of aromatic nitrogens is 3. The zero-order valence-corrected chi connectivity index (χ0v) is 16.9. The third-order valence-corrected chi connectivity index (χ3v) is 4.98. The first-order chi connectivity index (χ1) is 14.4. The van der Waals surface area contributed by atoms with Crippen LogP contribution in [0.25, 0.3) is 0 Å². The van der Waals surface area contributed by atoms with Gasteiger partial charge in [-0.15, -0.1) is 0 Å². The summed E-state index contributed by atoms with van der Waals surface area (Å²) >= 11 is 0. The van der Waals surface area contributed by atoms with Gasteiger partial charge in [0.2, 0.25) is 11.9 Å². The third kappa shape index (κ3) is 3.67. The highest BCUT2D eigenvalue weighted by molar-refractivity contribution is 6.06. The lowest BCUT2D eigenvalue weighted by molar-refractivity contribution is -0.114. The Labute approximate surface area is 174 Å². The van der Waals surface area contributed by atoms with Crippen LogP contribution in [0.2, 0.25) is 0 Å². The molecule has 2 aromatic carbocycles. The van der Waals surface area contributed by atoms with Crippen molar-refractivity contribution >= 4 is 29.1 Å². The van der Waals surface area contributed by atoms with Crippen molar-refractivity contribution in [2.75, 3.05) is 16.0 Å². The van der Waals surface area contributed by atoms with Gasteiger partial charge in [-0.3, -0.25) is 9.59 Å². The number of benzene rings is 2. The molecule has 1 aliphatic rings. The van der Waals surface area contributed by atoms with Crippen molar-refractivity contribution in [3.63, 3.8) is 0 Å². The molecule has 0 radical (unpaired) electrons. The summed E-state index contributed by atoms with van der Waals surface area (Å²) < 4.78 is 1.69. The topological polar surface area (TPSA) is 101 Å².